The zero-order valence-corrected chi connectivity index (χ0v) is 11.5. The predicted octanol–water partition coefficient (Wildman–Crippen LogP) is 3.94. The van der Waals surface area contributed by atoms with Crippen molar-refractivity contribution in [2.75, 3.05) is 0 Å². The van der Waals surface area contributed by atoms with E-state index in [-0.39, 0.29) is 0 Å². The van der Waals surface area contributed by atoms with Crippen molar-refractivity contribution in [3.05, 3.63) is 60.1 Å². The maximum absolute atomic E-state index is 4.51. The van der Waals surface area contributed by atoms with Gasteiger partial charge in [0.15, 0.2) is 0 Å². The van der Waals surface area contributed by atoms with E-state index in [1.165, 1.54) is 29.7 Å². The van der Waals surface area contributed by atoms with Crippen LogP contribution in [0.1, 0.15) is 44.0 Å². The van der Waals surface area contributed by atoms with Gasteiger partial charge in [0.1, 0.15) is 0 Å². The van der Waals surface area contributed by atoms with Gasteiger partial charge >= 0.3 is 0 Å². The summed E-state index contributed by atoms with van der Waals surface area (Å²) in [5, 5.41) is 0. The average molecular weight is 253 g/mol. The van der Waals surface area contributed by atoms with Crippen molar-refractivity contribution in [1.82, 2.24) is 14.9 Å². The van der Waals surface area contributed by atoms with Crippen LogP contribution in [0.2, 0.25) is 0 Å². The third-order valence-corrected chi connectivity index (χ3v) is 3.72. The van der Waals surface area contributed by atoms with Crippen LogP contribution in [0.3, 0.4) is 0 Å². The Balaban J connectivity index is 2.03. The van der Waals surface area contributed by atoms with Crippen molar-refractivity contribution < 1.29 is 0 Å². The van der Waals surface area contributed by atoms with E-state index in [0.29, 0.717) is 5.92 Å². The first-order valence-electron chi connectivity index (χ1n) is 6.72. The van der Waals surface area contributed by atoms with Gasteiger partial charge in [-0.25, -0.2) is 4.98 Å². The number of H-pyrrole nitrogens is 1. The van der Waals surface area contributed by atoms with E-state index in [2.05, 4.69) is 53.6 Å². The summed E-state index contributed by atoms with van der Waals surface area (Å²) in [6.45, 7) is 8.11. The van der Waals surface area contributed by atoms with Gasteiger partial charge in [-0.15, -0.1) is 0 Å². The summed E-state index contributed by atoms with van der Waals surface area (Å²) in [6.07, 6.45) is 12.6. The number of aromatic amines is 1. The van der Waals surface area contributed by atoms with Crippen LogP contribution in [0.25, 0.3) is 5.57 Å². The van der Waals surface area contributed by atoms with Crippen LogP contribution >= 0.6 is 0 Å². The van der Waals surface area contributed by atoms with Crippen LogP contribution in [0.4, 0.5) is 0 Å². The Hall–Kier alpha value is -2.03. The molecule has 1 aromatic heterocycles. The molecule has 1 aromatic rings. The number of hydrogen-bond acceptors (Lipinski definition) is 2. The van der Waals surface area contributed by atoms with Crippen LogP contribution in [0.15, 0.2) is 48.7 Å². The molecule has 0 amide bonds. The van der Waals surface area contributed by atoms with Gasteiger partial charge in [-0.2, -0.15) is 0 Å². The molecule has 0 radical (unpaired) electrons. The van der Waals surface area contributed by atoms with Crippen molar-refractivity contribution in [2.45, 2.75) is 32.6 Å². The van der Waals surface area contributed by atoms with Gasteiger partial charge in [0.05, 0.1) is 17.7 Å². The molecule has 0 spiro atoms. The minimum Gasteiger partial charge on any atom is -0.348 e. The summed E-state index contributed by atoms with van der Waals surface area (Å²) in [5.74, 6) is 0.676. The second kappa shape index (κ2) is 4.57. The van der Waals surface area contributed by atoms with Gasteiger partial charge in [0.2, 0.25) is 0 Å². The zero-order chi connectivity index (χ0) is 13.4. The Morgan fingerprint density at radius 1 is 1.47 bits per heavy atom. The zero-order valence-electron chi connectivity index (χ0n) is 11.5. The van der Waals surface area contributed by atoms with E-state index in [9.17, 15) is 0 Å². The molecule has 3 nitrogen and oxygen atoms in total. The van der Waals surface area contributed by atoms with E-state index in [4.69, 9.17) is 0 Å². The summed E-state index contributed by atoms with van der Waals surface area (Å²) < 4.78 is 0. The van der Waals surface area contributed by atoms with Gasteiger partial charge < -0.3 is 9.88 Å². The van der Waals surface area contributed by atoms with E-state index < -0.39 is 0 Å². The molecular weight excluding hydrogens is 234 g/mol. The maximum Gasteiger partial charge on any atom is 0.0929 e. The lowest BCUT2D eigenvalue weighted by Crippen LogP contribution is -2.12. The second-order valence-corrected chi connectivity index (χ2v) is 5.25. The van der Waals surface area contributed by atoms with Crippen LogP contribution in [-0.2, 0) is 0 Å². The summed E-state index contributed by atoms with van der Waals surface area (Å²) in [7, 11) is 0. The standard InChI is InChI=1S/C16H19N3/c1-4-19-9-11(2)5-8-14(19)12(3)15-16(13-6-7-13)18-10-17-15/h4-5,8-10,13H,1,6-7H2,2-3H3,(H,17,18)/b14-12+. The molecule has 0 unspecified atom stereocenters. The van der Waals surface area contributed by atoms with E-state index in [0.717, 1.165) is 11.4 Å². The highest BCUT2D eigenvalue weighted by Crippen LogP contribution is 2.42. The molecule has 0 saturated heterocycles. The number of rotatable bonds is 3. The fraction of sp³-hybridized carbons (Fsp3) is 0.312. The lowest BCUT2D eigenvalue weighted by molar-refractivity contribution is 0.642. The second-order valence-electron chi connectivity index (χ2n) is 5.25. The predicted molar refractivity (Wildman–Crippen MR) is 78.1 cm³/mol. The molecule has 0 bridgehead atoms. The summed E-state index contributed by atoms with van der Waals surface area (Å²) in [5.41, 5.74) is 5.95. The molecule has 0 aromatic carbocycles. The van der Waals surface area contributed by atoms with Gasteiger partial charge in [-0.3, -0.25) is 0 Å². The molecule has 19 heavy (non-hydrogen) atoms. The summed E-state index contributed by atoms with van der Waals surface area (Å²) in [6, 6.07) is 0. The highest BCUT2D eigenvalue weighted by Gasteiger charge is 2.29. The van der Waals surface area contributed by atoms with Crippen molar-refractivity contribution in [2.24, 2.45) is 0 Å². The number of aromatic nitrogens is 2. The molecule has 0 atom stereocenters. The Labute approximate surface area is 114 Å². The van der Waals surface area contributed by atoms with Gasteiger partial charge in [-0.1, -0.05) is 12.7 Å². The first-order chi connectivity index (χ1) is 9.20. The Morgan fingerprint density at radius 3 is 2.95 bits per heavy atom. The summed E-state index contributed by atoms with van der Waals surface area (Å²) >= 11 is 0. The van der Waals surface area contributed by atoms with E-state index in [1.54, 1.807) is 6.33 Å². The molecule has 3 heteroatoms. The first-order valence-corrected chi connectivity index (χ1v) is 6.72. The highest BCUT2D eigenvalue weighted by atomic mass is 15.1. The Bertz CT molecular complexity index is 597. The maximum atomic E-state index is 4.51. The smallest absolute Gasteiger partial charge is 0.0929 e. The van der Waals surface area contributed by atoms with Gasteiger partial charge in [0, 0.05) is 29.6 Å². The van der Waals surface area contributed by atoms with Crippen LogP contribution in [0, 0.1) is 0 Å². The fourth-order valence-corrected chi connectivity index (χ4v) is 2.51. The lowest BCUT2D eigenvalue weighted by atomic mass is 10.0. The molecule has 1 aliphatic heterocycles. The largest absolute Gasteiger partial charge is 0.348 e. The number of allylic oxidation sites excluding steroid dienone is 4. The van der Waals surface area contributed by atoms with Crippen LogP contribution in [0.5, 0.6) is 0 Å². The van der Waals surface area contributed by atoms with Gasteiger partial charge in [0.25, 0.3) is 0 Å². The van der Waals surface area contributed by atoms with Crippen molar-refractivity contribution in [1.29, 1.82) is 0 Å². The molecule has 98 valence electrons. The number of hydrogen-bond donors (Lipinski definition) is 1. The average Bonchev–Trinajstić information content (AvgIpc) is 3.15. The minimum absolute atomic E-state index is 0.676. The third kappa shape index (κ3) is 2.16. The van der Waals surface area contributed by atoms with E-state index >= 15 is 0 Å². The third-order valence-electron chi connectivity index (χ3n) is 3.72. The lowest BCUT2D eigenvalue weighted by Gasteiger charge is -2.23. The quantitative estimate of drug-likeness (QED) is 0.884. The molecule has 1 N–H and O–H groups in total. The van der Waals surface area contributed by atoms with Crippen LogP contribution in [-0.4, -0.2) is 14.9 Å². The fourth-order valence-electron chi connectivity index (χ4n) is 2.51. The Kier molecular flexibility index (Phi) is 2.90. The molecular formula is C16H19N3. The molecule has 3 rings (SSSR count). The molecule has 1 saturated carbocycles. The number of nitrogens with zero attached hydrogens (tertiary/aromatic N) is 2. The first kappa shape index (κ1) is 12.0. The molecule has 1 fully saturated rings. The van der Waals surface area contributed by atoms with Crippen molar-refractivity contribution in [3.8, 4) is 0 Å². The molecule has 1 aliphatic carbocycles. The van der Waals surface area contributed by atoms with E-state index in [1.807, 2.05) is 6.20 Å². The topological polar surface area (TPSA) is 31.9 Å². The normalized spacial score (nSPS) is 21.4. The number of nitrogens with one attached hydrogen (secondary N) is 1. The van der Waals surface area contributed by atoms with Crippen molar-refractivity contribution >= 4 is 5.57 Å². The summed E-state index contributed by atoms with van der Waals surface area (Å²) in [4.78, 5) is 9.88. The molecule has 2 aliphatic rings. The minimum atomic E-state index is 0.676. The molecule has 2 heterocycles. The highest BCUT2D eigenvalue weighted by molar-refractivity contribution is 5.69. The SMILES string of the molecule is C=CN1C=C(C)C=C/C1=C(/C)c1nc[nH]c1C1CC1. The Morgan fingerprint density at radius 2 is 2.26 bits per heavy atom. The van der Waals surface area contributed by atoms with Crippen LogP contribution < -0.4 is 0 Å². The number of imidazole rings is 1. The van der Waals surface area contributed by atoms with Crippen molar-refractivity contribution in [3.63, 3.8) is 0 Å². The van der Waals surface area contributed by atoms with Gasteiger partial charge in [-0.05, 0) is 38.3 Å². The monoisotopic (exact) mass is 253 g/mol.